The Hall–Kier alpha value is -2.99. The molecule has 0 aromatic heterocycles. The highest BCUT2D eigenvalue weighted by Crippen LogP contribution is 2.41. The quantitative estimate of drug-likeness (QED) is 0.325. The number of aldehydes is 1. The van der Waals surface area contributed by atoms with Crippen LogP contribution in [0.3, 0.4) is 0 Å². The van der Waals surface area contributed by atoms with E-state index in [0.29, 0.717) is 17.4 Å². The number of piperidine rings is 2. The molecule has 0 radical (unpaired) electrons. The molecule has 1 aromatic carbocycles. The van der Waals surface area contributed by atoms with Crippen LogP contribution in [0.1, 0.15) is 68.4 Å². The Morgan fingerprint density at radius 2 is 1.53 bits per heavy atom. The highest BCUT2D eigenvalue weighted by Gasteiger charge is 2.47. The van der Waals surface area contributed by atoms with Crippen molar-refractivity contribution in [2.24, 2.45) is 11.8 Å². The summed E-state index contributed by atoms with van der Waals surface area (Å²) in [6, 6.07) is 6.01. The third kappa shape index (κ3) is 8.80. The van der Waals surface area contributed by atoms with Crippen molar-refractivity contribution in [1.29, 1.82) is 0 Å². The number of benzene rings is 1. The average molecular weight is 555 g/mol. The van der Waals surface area contributed by atoms with Gasteiger partial charge in [0.1, 0.15) is 11.9 Å². The molecule has 2 heterocycles. The van der Waals surface area contributed by atoms with Gasteiger partial charge in [-0.25, -0.2) is 9.59 Å². The summed E-state index contributed by atoms with van der Waals surface area (Å²) in [7, 11) is 0. The minimum atomic E-state index is -4.38. The van der Waals surface area contributed by atoms with Crippen LogP contribution in [0.15, 0.2) is 24.3 Å². The zero-order valence-electron chi connectivity index (χ0n) is 21.3. The second-order valence-electron chi connectivity index (χ2n) is 10.3. The molecule has 2 saturated heterocycles. The summed E-state index contributed by atoms with van der Waals surface area (Å²) in [5, 5.41) is 8.48. The molecule has 214 valence electrons. The van der Waals surface area contributed by atoms with Crippen LogP contribution in [0, 0.1) is 11.8 Å². The first-order chi connectivity index (χ1) is 17.4. The van der Waals surface area contributed by atoms with Gasteiger partial charge in [0.25, 0.3) is 0 Å². The van der Waals surface area contributed by atoms with E-state index in [1.807, 2.05) is 0 Å². The lowest BCUT2D eigenvalue weighted by molar-refractivity contribution is -0.189. The molecule has 1 N–H and O–H groups in total. The van der Waals surface area contributed by atoms with Crippen molar-refractivity contribution < 1.29 is 50.6 Å². The normalized spacial score (nSPS) is 22.7. The van der Waals surface area contributed by atoms with E-state index >= 15 is 0 Å². The van der Waals surface area contributed by atoms with Crippen molar-refractivity contribution in [2.45, 2.75) is 70.4 Å². The molecule has 3 atom stereocenters. The molecule has 38 heavy (non-hydrogen) atoms. The van der Waals surface area contributed by atoms with Crippen LogP contribution in [0.2, 0.25) is 0 Å². The van der Waals surface area contributed by atoms with Crippen molar-refractivity contribution in [3.05, 3.63) is 35.4 Å². The Kier molecular flexibility index (Phi) is 10.1. The lowest BCUT2D eigenvalue weighted by Crippen LogP contribution is -2.48. The third-order valence-corrected chi connectivity index (χ3v) is 6.31. The molecule has 2 aliphatic heterocycles. The van der Waals surface area contributed by atoms with Gasteiger partial charge in [-0.3, -0.25) is 4.79 Å². The standard InChI is InChI=1S/C18H22F3NO3.C7H10F3NO2/c1-17(2,3)25-16(24)22-10-13(18(19,20)21)8-9-15(22)14-7-5-4-6-12(14)11-23;8-7(9,10)5-2-1-3-11(4-5)6(12)13/h4-7,11,13,15H,8-10H2,1-3H3;5H,1-4H2,(H,12,13). The van der Waals surface area contributed by atoms with Crippen LogP contribution in [0.25, 0.3) is 0 Å². The van der Waals surface area contributed by atoms with Gasteiger partial charge >= 0.3 is 24.5 Å². The molecule has 0 bridgehead atoms. The fourth-order valence-corrected chi connectivity index (χ4v) is 4.42. The summed E-state index contributed by atoms with van der Waals surface area (Å²) >= 11 is 0. The van der Waals surface area contributed by atoms with Crippen molar-refractivity contribution in [2.75, 3.05) is 19.6 Å². The minimum absolute atomic E-state index is 0.0350. The van der Waals surface area contributed by atoms with E-state index in [0.717, 1.165) is 9.80 Å². The zero-order chi connectivity index (χ0) is 28.9. The van der Waals surface area contributed by atoms with Gasteiger partial charge in [0.15, 0.2) is 0 Å². The Labute approximate surface area is 216 Å². The van der Waals surface area contributed by atoms with E-state index in [2.05, 4.69) is 0 Å². The second-order valence-corrected chi connectivity index (χ2v) is 10.3. The van der Waals surface area contributed by atoms with Crippen LogP contribution in [0.4, 0.5) is 35.9 Å². The van der Waals surface area contributed by atoms with Gasteiger partial charge in [0.05, 0.1) is 17.9 Å². The Morgan fingerprint density at radius 3 is 2.05 bits per heavy atom. The van der Waals surface area contributed by atoms with Gasteiger partial charge < -0.3 is 19.6 Å². The molecular formula is C25H32F6N2O5. The number of ether oxygens (including phenoxy) is 1. The van der Waals surface area contributed by atoms with E-state index in [-0.39, 0.29) is 32.2 Å². The molecular weight excluding hydrogens is 522 g/mol. The Balaban J connectivity index is 0.000000328. The van der Waals surface area contributed by atoms with Gasteiger partial charge in [-0.05, 0) is 52.0 Å². The highest BCUT2D eigenvalue weighted by molar-refractivity contribution is 5.78. The fraction of sp³-hybridized carbons (Fsp3) is 0.640. The molecule has 1 aromatic rings. The number of rotatable bonds is 2. The summed E-state index contributed by atoms with van der Waals surface area (Å²) in [6.45, 7) is 4.29. The van der Waals surface area contributed by atoms with Gasteiger partial charge in [-0.1, -0.05) is 24.3 Å². The first kappa shape index (κ1) is 31.2. The maximum Gasteiger partial charge on any atom is 0.410 e. The maximum absolute atomic E-state index is 13.2. The number of carboxylic acid groups (broad SMARTS) is 1. The molecule has 13 heteroatoms. The monoisotopic (exact) mass is 554 g/mol. The Bertz CT molecular complexity index is 976. The van der Waals surface area contributed by atoms with Crippen LogP contribution in [0.5, 0.6) is 0 Å². The van der Waals surface area contributed by atoms with E-state index in [1.165, 1.54) is 0 Å². The topological polar surface area (TPSA) is 87.1 Å². The average Bonchev–Trinajstić information content (AvgIpc) is 2.82. The summed E-state index contributed by atoms with van der Waals surface area (Å²) in [6.07, 6.45) is -9.72. The number of halogens is 6. The second kappa shape index (κ2) is 12.2. The number of alkyl halides is 6. The van der Waals surface area contributed by atoms with Crippen LogP contribution >= 0.6 is 0 Å². The number of hydrogen-bond donors (Lipinski definition) is 1. The van der Waals surface area contributed by atoms with E-state index in [9.17, 15) is 40.7 Å². The maximum atomic E-state index is 13.2. The molecule has 0 aliphatic carbocycles. The molecule has 3 rings (SSSR count). The van der Waals surface area contributed by atoms with Crippen molar-refractivity contribution in [3.63, 3.8) is 0 Å². The predicted molar refractivity (Wildman–Crippen MR) is 125 cm³/mol. The van der Waals surface area contributed by atoms with Crippen LogP contribution in [-0.2, 0) is 4.74 Å². The van der Waals surface area contributed by atoms with E-state index in [4.69, 9.17) is 9.84 Å². The molecule has 2 aliphatic rings. The first-order valence-electron chi connectivity index (χ1n) is 12.1. The number of hydrogen-bond acceptors (Lipinski definition) is 4. The van der Waals surface area contributed by atoms with Crippen molar-refractivity contribution in [3.8, 4) is 0 Å². The fourth-order valence-electron chi connectivity index (χ4n) is 4.42. The summed E-state index contributed by atoms with van der Waals surface area (Å²) < 4.78 is 81.2. The van der Waals surface area contributed by atoms with Gasteiger partial charge in [-0.2, -0.15) is 26.3 Å². The van der Waals surface area contributed by atoms with Gasteiger partial charge in [0, 0.05) is 25.2 Å². The number of carbonyl (C=O) groups excluding carboxylic acids is 2. The molecule has 0 saturated carbocycles. The predicted octanol–water partition coefficient (Wildman–Crippen LogP) is 6.69. The number of likely N-dealkylation sites (tertiary alicyclic amines) is 2. The minimum Gasteiger partial charge on any atom is -0.465 e. The SMILES string of the molecule is CC(C)(C)OC(=O)N1CC(C(F)(F)F)CCC1c1ccccc1C=O.O=C(O)N1CCCC(C(F)(F)F)C1. The van der Waals surface area contributed by atoms with E-state index < -0.39 is 61.1 Å². The molecule has 2 amide bonds. The Morgan fingerprint density at radius 1 is 0.947 bits per heavy atom. The van der Waals surface area contributed by atoms with E-state index in [1.54, 1.807) is 45.0 Å². The zero-order valence-corrected chi connectivity index (χ0v) is 21.3. The lowest BCUT2D eigenvalue weighted by atomic mass is 9.87. The first-order valence-corrected chi connectivity index (χ1v) is 12.1. The summed E-state index contributed by atoms with van der Waals surface area (Å²) in [4.78, 5) is 36.1. The molecule has 3 unspecified atom stereocenters. The van der Waals surface area contributed by atoms with Crippen LogP contribution < -0.4 is 0 Å². The number of nitrogens with zero attached hydrogens (tertiary/aromatic N) is 2. The number of amides is 2. The van der Waals surface area contributed by atoms with Gasteiger partial charge in [-0.15, -0.1) is 0 Å². The number of carbonyl (C=O) groups is 3. The smallest absolute Gasteiger partial charge is 0.410 e. The third-order valence-electron chi connectivity index (χ3n) is 6.31. The molecule has 7 nitrogen and oxygen atoms in total. The van der Waals surface area contributed by atoms with Gasteiger partial charge in [0.2, 0.25) is 0 Å². The van der Waals surface area contributed by atoms with Crippen molar-refractivity contribution in [1.82, 2.24) is 9.80 Å². The lowest BCUT2D eigenvalue weighted by Gasteiger charge is -2.41. The summed E-state index contributed by atoms with van der Waals surface area (Å²) in [5.41, 5.74) is 0.0901. The van der Waals surface area contributed by atoms with Crippen molar-refractivity contribution >= 4 is 18.5 Å². The largest absolute Gasteiger partial charge is 0.465 e. The molecule has 0 spiro atoms. The van der Waals surface area contributed by atoms with Crippen LogP contribution in [-0.4, -0.2) is 71.0 Å². The summed E-state index contributed by atoms with van der Waals surface area (Å²) in [5.74, 6) is -3.09. The highest BCUT2D eigenvalue weighted by atomic mass is 19.4. The molecule has 2 fully saturated rings.